The Morgan fingerprint density at radius 2 is 2.05 bits per heavy atom. The van der Waals surface area contributed by atoms with Gasteiger partial charge in [0.2, 0.25) is 0 Å². The van der Waals surface area contributed by atoms with E-state index in [2.05, 4.69) is 0 Å². The van der Waals surface area contributed by atoms with E-state index in [0.717, 1.165) is 6.07 Å². The Morgan fingerprint density at radius 1 is 1.37 bits per heavy atom. The average Bonchev–Trinajstić information content (AvgIpc) is 2.38. The van der Waals surface area contributed by atoms with Gasteiger partial charge in [-0.3, -0.25) is 9.59 Å². The summed E-state index contributed by atoms with van der Waals surface area (Å²) in [5.41, 5.74) is 0.146. The third kappa shape index (κ3) is 4.21. The third-order valence-electron chi connectivity index (χ3n) is 2.46. The van der Waals surface area contributed by atoms with Crippen LogP contribution in [-0.2, 0) is 9.53 Å². The van der Waals surface area contributed by atoms with Gasteiger partial charge in [-0.1, -0.05) is 11.6 Å². The first-order chi connectivity index (χ1) is 8.99. The summed E-state index contributed by atoms with van der Waals surface area (Å²) in [4.78, 5) is 24.7. The summed E-state index contributed by atoms with van der Waals surface area (Å²) in [6, 6.07) is 3.78. The highest BCUT2D eigenvalue weighted by atomic mass is 35.5. The molecule has 1 rings (SSSR count). The fourth-order valence-electron chi connectivity index (χ4n) is 1.50. The predicted molar refractivity (Wildman–Crippen MR) is 69.6 cm³/mol. The largest absolute Gasteiger partial charge is 0.465 e. The smallest absolute Gasteiger partial charge is 0.325 e. The first kappa shape index (κ1) is 15.4. The highest BCUT2D eigenvalue weighted by molar-refractivity contribution is 6.30. The van der Waals surface area contributed by atoms with Gasteiger partial charge >= 0.3 is 5.97 Å². The number of benzene rings is 1. The van der Waals surface area contributed by atoms with E-state index in [-0.39, 0.29) is 23.7 Å². The normalized spacial score (nSPS) is 10.1. The number of nitrogens with zero attached hydrogens (tertiary/aromatic N) is 1. The van der Waals surface area contributed by atoms with Crippen molar-refractivity contribution < 1.29 is 18.7 Å². The molecule has 0 saturated carbocycles. The number of rotatable bonds is 5. The molecular weight excluding hydrogens is 273 g/mol. The standard InChI is InChI=1S/C13H15ClFNO3/c1-3-16(8-12(17)19-4-2)13(18)9-5-6-10(14)11(15)7-9/h5-7H,3-4,8H2,1-2H3. The van der Waals surface area contributed by atoms with Gasteiger partial charge in [-0.2, -0.15) is 0 Å². The molecule has 0 unspecified atom stereocenters. The summed E-state index contributed by atoms with van der Waals surface area (Å²) in [5.74, 6) is -1.60. The molecule has 0 N–H and O–H groups in total. The Labute approximate surface area is 116 Å². The predicted octanol–water partition coefficient (Wildman–Crippen LogP) is 2.50. The van der Waals surface area contributed by atoms with Crippen LogP contribution < -0.4 is 0 Å². The van der Waals surface area contributed by atoms with Crippen molar-refractivity contribution in [3.05, 3.63) is 34.6 Å². The highest BCUT2D eigenvalue weighted by Crippen LogP contribution is 2.16. The molecule has 6 heteroatoms. The molecule has 0 bridgehead atoms. The Bertz CT molecular complexity index is 479. The number of carbonyl (C=O) groups excluding carboxylic acids is 2. The summed E-state index contributed by atoms with van der Waals surface area (Å²) in [5, 5.41) is -0.0509. The van der Waals surface area contributed by atoms with Gasteiger partial charge in [0.1, 0.15) is 12.4 Å². The number of hydrogen-bond donors (Lipinski definition) is 0. The molecule has 104 valence electrons. The average molecular weight is 288 g/mol. The van der Waals surface area contributed by atoms with E-state index in [1.807, 2.05) is 0 Å². The van der Waals surface area contributed by atoms with Crippen molar-refractivity contribution in [1.82, 2.24) is 4.90 Å². The van der Waals surface area contributed by atoms with E-state index < -0.39 is 17.7 Å². The van der Waals surface area contributed by atoms with E-state index in [9.17, 15) is 14.0 Å². The van der Waals surface area contributed by atoms with Crippen LogP contribution in [0.15, 0.2) is 18.2 Å². The summed E-state index contributed by atoms with van der Waals surface area (Å²) < 4.78 is 18.1. The minimum absolute atomic E-state index is 0.0509. The van der Waals surface area contributed by atoms with E-state index >= 15 is 0 Å². The summed E-state index contributed by atoms with van der Waals surface area (Å²) in [6.45, 7) is 3.82. The van der Waals surface area contributed by atoms with Crippen LogP contribution in [0, 0.1) is 5.82 Å². The summed E-state index contributed by atoms with van der Waals surface area (Å²) >= 11 is 5.55. The van der Waals surface area contributed by atoms with Crippen LogP contribution in [0.5, 0.6) is 0 Å². The van der Waals surface area contributed by atoms with Gasteiger partial charge in [-0.15, -0.1) is 0 Å². The zero-order valence-electron chi connectivity index (χ0n) is 10.8. The van der Waals surface area contributed by atoms with E-state index in [0.29, 0.717) is 6.54 Å². The van der Waals surface area contributed by atoms with Crippen LogP contribution in [0.2, 0.25) is 5.02 Å². The van der Waals surface area contributed by atoms with Crippen molar-refractivity contribution in [2.75, 3.05) is 19.7 Å². The van der Waals surface area contributed by atoms with Gasteiger partial charge in [0, 0.05) is 12.1 Å². The molecule has 0 spiro atoms. The molecule has 4 nitrogen and oxygen atoms in total. The second-order valence-electron chi connectivity index (χ2n) is 3.75. The second kappa shape index (κ2) is 7.09. The van der Waals surface area contributed by atoms with Gasteiger partial charge in [0.25, 0.3) is 5.91 Å². The molecular formula is C13H15ClFNO3. The molecule has 0 saturated heterocycles. The molecule has 1 amide bonds. The minimum atomic E-state index is -0.667. The monoisotopic (exact) mass is 287 g/mol. The van der Waals surface area contributed by atoms with Crippen LogP contribution in [-0.4, -0.2) is 36.5 Å². The van der Waals surface area contributed by atoms with E-state index in [1.165, 1.54) is 17.0 Å². The molecule has 0 fully saturated rings. The van der Waals surface area contributed by atoms with Crippen LogP contribution in [0.25, 0.3) is 0 Å². The number of amides is 1. The van der Waals surface area contributed by atoms with Crippen LogP contribution >= 0.6 is 11.6 Å². The van der Waals surface area contributed by atoms with Gasteiger partial charge in [0.05, 0.1) is 11.6 Å². The number of carbonyl (C=O) groups is 2. The number of esters is 1. The van der Waals surface area contributed by atoms with Crippen molar-refractivity contribution in [3.8, 4) is 0 Å². The molecule has 0 aliphatic carbocycles. The molecule has 0 aliphatic heterocycles. The zero-order chi connectivity index (χ0) is 14.4. The number of likely N-dealkylation sites (N-methyl/N-ethyl adjacent to an activating group) is 1. The number of hydrogen-bond acceptors (Lipinski definition) is 3. The van der Waals surface area contributed by atoms with Gasteiger partial charge in [-0.25, -0.2) is 4.39 Å². The lowest BCUT2D eigenvalue weighted by Gasteiger charge is -2.19. The lowest BCUT2D eigenvalue weighted by molar-refractivity contribution is -0.143. The maximum absolute atomic E-state index is 13.3. The molecule has 0 heterocycles. The van der Waals surface area contributed by atoms with Crippen molar-refractivity contribution in [2.45, 2.75) is 13.8 Å². The Kier molecular flexibility index (Phi) is 5.76. The van der Waals surface area contributed by atoms with Crippen LogP contribution in [0.1, 0.15) is 24.2 Å². The SMILES string of the molecule is CCOC(=O)CN(CC)C(=O)c1ccc(Cl)c(F)c1. The first-order valence-electron chi connectivity index (χ1n) is 5.89. The number of halogens is 2. The Balaban J connectivity index is 2.83. The lowest BCUT2D eigenvalue weighted by Crippen LogP contribution is -2.36. The Morgan fingerprint density at radius 3 is 2.58 bits per heavy atom. The van der Waals surface area contributed by atoms with Gasteiger partial charge < -0.3 is 9.64 Å². The van der Waals surface area contributed by atoms with E-state index in [1.54, 1.807) is 13.8 Å². The number of ether oxygens (including phenoxy) is 1. The molecule has 1 aromatic carbocycles. The maximum atomic E-state index is 13.3. The van der Waals surface area contributed by atoms with E-state index in [4.69, 9.17) is 16.3 Å². The summed E-state index contributed by atoms with van der Waals surface area (Å²) in [7, 11) is 0. The van der Waals surface area contributed by atoms with Crippen molar-refractivity contribution in [1.29, 1.82) is 0 Å². The van der Waals surface area contributed by atoms with Gasteiger partial charge in [-0.05, 0) is 32.0 Å². The maximum Gasteiger partial charge on any atom is 0.325 e. The molecule has 0 aliphatic rings. The zero-order valence-corrected chi connectivity index (χ0v) is 11.5. The van der Waals surface area contributed by atoms with Crippen molar-refractivity contribution >= 4 is 23.5 Å². The molecule has 19 heavy (non-hydrogen) atoms. The van der Waals surface area contributed by atoms with Crippen molar-refractivity contribution in [3.63, 3.8) is 0 Å². The fourth-order valence-corrected chi connectivity index (χ4v) is 1.62. The third-order valence-corrected chi connectivity index (χ3v) is 2.77. The van der Waals surface area contributed by atoms with Gasteiger partial charge in [0.15, 0.2) is 0 Å². The Hall–Kier alpha value is -1.62. The highest BCUT2D eigenvalue weighted by Gasteiger charge is 2.18. The fraction of sp³-hybridized carbons (Fsp3) is 0.385. The van der Waals surface area contributed by atoms with Crippen LogP contribution in [0.4, 0.5) is 4.39 Å². The molecule has 1 aromatic rings. The molecule has 0 radical (unpaired) electrons. The topological polar surface area (TPSA) is 46.6 Å². The lowest BCUT2D eigenvalue weighted by atomic mass is 10.2. The molecule has 0 atom stereocenters. The van der Waals surface area contributed by atoms with Crippen molar-refractivity contribution in [2.24, 2.45) is 0 Å². The quantitative estimate of drug-likeness (QED) is 0.782. The first-order valence-corrected chi connectivity index (χ1v) is 6.27. The molecule has 0 aromatic heterocycles. The van der Waals surface area contributed by atoms with Crippen LogP contribution in [0.3, 0.4) is 0 Å². The summed E-state index contributed by atoms with van der Waals surface area (Å²) in [6.07, 6.45) is 0. The second-order valence-corrected chi connectivity index (χ2v) is 4.16. The minimum Gasteiger partial charge on any atom is -0.465 e.